The number of methoxy groups -OCH3 is 1. The Morgan fingerprint density at radius 3 is 2.69 bits per heavy atom. The first-order chi connectivity index (χ1) is 15.4. The average molecular weight is 451 g/mol. The minimum Gasteiger partial charge on any atom is -0.493 e. The number of ether oxygens (including phenoxy) is 4. The second-order valence-electron chi connectivity index (χ2n) is 7.85. The molecule has 1 aliphatic heterocycles. The first-order valence-corrected chi connectivity index (χ1v) is 11.2. The number of nitrogens with one attached hydrogen (secondary N) is 1. The topological polar surface area (TPSA) is 113 Å². The summed E-state index contributed by atoms with van der Waals surface area (Å²) in [6, 6.07) is 0.632. The molecule has 1 aromatic rings. The number of pyridine rings is 1. The van der Waals surface area contributed by atoms with Gasteiger partial charge in [0.2, 0.25) is 5.75 Å². The zero-order valence-corrected chi connectivity index (χ0v) is 19.3. The number of rotatable bonds is 9. The van der Waals surface area contributed by atoms with Crippen molar-refractivity contribution in [3.8, 4) is 11.5 Å². The Morgan fingerprint density at radius 1 is 1.25 bits per heavy atom. The molecule has 1 aliphatic rings. The summed E-state index contributed by atoms with van der Waals surface area (Å²) in [5.74, 6) is -1.70. The fourth-order valence-corrected chi connectivity index (χ4v) is 3.55. The average Bonchev–Trinajstić information content (AvgIpc) is 2.81. The van der Waals surface area contributed by atoms with Crippen molar-refractivity contribution >= 4 is 17.8 Å². The quantitative estimate of drug-likeness (QED) is 0.451. The minimum absolute atomic E-state index is 0.0923. The Hall–Kier alpha value is -2.68. The number of hydrogen-bond acceptors (Lipinski definition) is 8. The molecule has 178 valence electrons. The van der Waals surface area contributed by atoms with Crippen LogP contribution in [-0.4, -0.2) is 54.8 Å². The van der Waals surface area contributed by atoms with Crippen LogP contribution in [0.3, 0.4) is 0 Å². The van der Waals surface area contributed by atoms with Gasteiger partial charge in [0, 0.05) is 25.8 Å². The van der Waals surface area contributed by atoms with Crippen LogP contribution in [0.15, 0.2) is 12.3 Å². The van der Waals surface area contributed by atoms with Gasteiger partial charge in [-0.05, 0) is 26.2 Å². The summed E-state index contributed by atoms with van der Waals surface area (Å²) in [6.07, 6.45) is 6.75. The minimum atomic E-state index is -0.845. The molecule has 32 heavy (non-hydrogen) atoms. The molecule has 0 spiro atoms. The number of carbonyl (C=O) groups excluding carboxylic acids is 3. The molecule has 2 rings (SSSR count). The van der Waals surface area contributed by atoms with Gasteiger partial charge in [-0.15, -0.1) is 0 Å². The summed E-state index contributed by atoms with van der Waals surface area (Å²) >= 11 is 0. The van der Waals surface area contributed by atoms with E-state index in [1.54, 1.807) is 0 Å². The van der Waals surface area contributed by atoms with E-state index in [2.05, 4.69) is 17.2 Å². The van der Waals surface area contributed by atoms with Crippen molar-refractivity contribution in [1.82, 2.24) is 10.3 Å². The lowest BCUT2D eigenvalue weighted by atomic mass is 10.0. The Kier molecular flexibility index (Phi) is 10.4. The van der Waals surface area contributed by atoms with Gasteiger partial charge in [0.25, 0.3) is 5.91 Å². The normalized spacial score (nSPS) is 21.5. The molecule has 1 fully saturated rings. The Balaban J connectivity index is 2.09. The monoisotopic (exact) mass is 450 g/mol. The van der Waals surface area contributed by atoms with Crippen molar-refractivity contribution in [1.29, 1.82) is 0 Å². The number of nitrogens with zero attached hydrogens (tertiary/aromatic N) is 1. The van der Waals surface area contributed by atoms with Gasteiger partial charge in [0.05, 0.1) is 13.2 Å². The molecule has 9 nitrogen and oxygen atoms in total. The van der Waals surface area contributed by atoms with Gasteiger partial charge in [-0.1, -0.05) is 32.6 Å². The molecule has 1 aromatic heterocycles. The first kappa shape index (κ1) is 25.6. The number of cyclic esters (lactones) is 1. The Bertz CT molecular complexity index is 784. The molecule has 3 atom stereocenters. The molecule has 0 unspecified atom stereocenters. The zero-order chi connectivity index (χ0) is 23.5. The molecular weight excluding hydrogens is 416 g/mol. The number of carbonyl (C=O) groups is 3. The van der Waals surface area contributed by atoms with E-state index >= 15 is 0 Å². The van der Waals surface area contributed by atoms with E-state index in [4.69, 9.17) is 18.9 Å². The summed E-state index contributed by atoms with van der Waals surface area (Å²) in [7, 11) is 1.39. The Labute approximate surface area is 189 Å². The molecule has 9 heteroatoms. The van der Waals surface area contributed by atoms with Crippen LogP contribution in [0.1, 0.15) is 76.2 Å². The summed E-state index contributed by atoms with van der Waals surface area (Å²) in [5, 5.41) is 2.68. The summed E-state index contributed by atoms with van der Waals surface area (Å²) in [4.78, 5) is 41.2. The van der Waals surface area contributed by atoms with Crippen LogP contribution in [0.2, 0.25) is 0 Å². The Morgan fingerprint density at radius 2 is 2.00 bits per heavy atom. The molecule has 0 aliphatic carbocycles. The number of amides is 1. The first-order valence-electron chi connectivity index (χ1n) is 11.2. The summed E-state index contributed by atoms with van der Waals surface area (Å²) in [6.45, 7) is 5.80. The summed E-state index contributed by atoms with van der Waals surface area (Å²) in [5.41, 5.74) is -0.141. The van der Waals surface area contributed by atoms with Crippen LogP contribution in [0.4, 0.5) is 0 Å². The molecular formula is C23H34N2O7. The van der Waals surface area contributed by atoms with Gasteiger partial charge in [-0.2, -0.15) is 0 Å². The maximum atomic E-state index is 12.9. The van der Waals surface area contributed by atoms with Crippen LogP contribution < -0.4 is 14.8 Å². The fourth-order valence-electron chi connectivity index (χ4n) is 3.55. The molecule has 0 aromatic carbocycles. The highest BCUT2D eigenvalue weighted by Gasteiger charge is 2.31. The molecule has 1 amide bonds. The zero-order valence-electron chi connectivity index (χ0n) is 19.3. The van der Waals surface area contributed by atoms with Gasteiger partial charge < -0.3 is 24.3 Å². The second kappa shape index (κ2) is 13.0. The lowest BCUT2D eigenvalue weighted by molar-refractivity contribution is -0.158. The fraction of sp³-hybridized carbons (Fsp3) is 0.652. The van der Waals surface area contributed by atoms with Gasteiger partial charge in [-0.25, -0.2) is 9.78 Å². The van der Waals surface area contributed by atoms with Crippen LogP contribution in [0.5, 0.6) is 11.5 Å². The standard InChI is InChI=1S/C23H34N2O7/c1-5-6-9-14-30-18-11-8-7-10-17(23(28)31-15(18)2)25-22(27)20-21(32-16(3)26)19(29-4)12-13-24-20/h12-13,15,17-18H,5-11,14H2,1-4H3,(H,25,27)/t15-,17-,18+/m0/s1. The molecule has 0 bridgehead atoms. The lowest BCUT2D eigenvalue weighted by Crippen LogP contribution is -2.44. The predicted molar refractivity (Wildman–Crippen MR) is 117 cm³/mol. The van der Waals surface area contributed by atoms with Crippen molar-refractivity contribution in [2.45, 2.75) is 84.0 Å². The van der Waals surface area contributed by atoms with Crippen molar-refractivity contribution in [3.05, 3.63) is 18.0 Å². The largest absolute Gasteiger partial charge is 0.493 e. The molecule has 1 saturated heterocycles. The maximum absolute atomic E-state index is 12.9. The third-order valence-electron chi connectivity index (χ3n) is 5.28. The van der Waals surface area contributed by atoms with E-state index in [0.29, 0.717) is 13.0 Å². The third-order valence-corrected chi connectivity index (χ3v) is 5.28. The molecule has 1 N–H and O–H groups in total. The SMILES string of the molecule is CCCCCO[C@@H]1CCCC[C@H](NC(=O)c2nccc(OC)c2OC(C)=O)C(=O)O[C@H]1C. The highest BCUT2D eigenvalue weighted by atomic mass is 16.6. The molecule has 0 saturated carbocycles. The van der Waals surface area contributed by atoms with E-state index in [-0.39, 0.29) is 23.3 Å². The van der Waals surface area contributed by atoms with Gasteiger partial charge >= 0.3 is 11.9 Å². The highest BCUT2D eigenvalue weighted by Crippen LogP contribution is 2.30. The smallest absolute Gasteiger partial charge is 0.329 e. The second-order valence-corrected chi connectivity index (χ2v) is 7.85. The van der Waals surface area contributed by atoms with Crippen LogP contribution in [0, 0.1) is 0 Å². The number of esters is 2. The van der Waals surface area contributed by atoms with Crippen LogP contribution in [-0.2, 0) is 19.1 Å². The van der Waals surface area contributed by atoms with E-state index in [0.717, 1.165) is 38.5 Å². The van der Waals surface area contributed by atoms with Crippen LogP contribution >= 0.6 is 0 Å². The van der Waals surface area contributed by atoms with Gasteiger partial charge in [0.15, 0.2) is 11.4 Å². The number of aromatic nitrogens is 1. The maximum Gasteiger partial charge on any atom is 0.329 e. The van der Waals surface area contributed by atoms with Crippen LogP contribution in [0.25, 0.3) is 0 Å². The third kappa shape index (κ3) is 7.47. The van der Waals surface area contributed by atoms with E-state index < -0.39 is 30.0 Å². The predicted octanol–water partition coefficient (Wildman–Crippen LogP) is 3.20. The van der Waals surface area contributed by atoms with E-state index in [9.17, 15) is 14.4 Å². The number of hydrogen-bond donors (Lipinski definition) is 1. The van der Waals surface area contributed by atoms with Crippen molar-refractivity contribution < 1.29 is 33.3 Å². The molecule has 0 radical (unpaired) electrons. The van der Waals surface area contributed by atoms with E-state index in [1.807, 2.05) is 6.92 Å². The summed E-state index contributed by atoms with van der Waals surface area (Å²) < 4.78 is 21.9. The van der Waals surface area contributed by atoms with Crippen molar-refractivity contribution in [2.24, 2.45) is 0 Å². The van der Waals surface area contributed by atoms with Gasteiger partial charge in [0.1, 0.15) is 12.1 Å². The van der Waals surface area contributed by atoms with Gasteiger partial charge in [-0.3, -0.25) is 9.59 Å². The van der Waals surface area contributed by atoms with E-state index in [1.165, 1.54) is 26.3 Å². The highest BCUT2D eigenvalue weighted by molar-refractivity contribution is 5.98. The lowest BCUT2D eigenvalue weighted by Gasteiger charge is -2.25. The number of unbranched alkanes of at least 4 members (excludes halogenated alkanes) is 2. The van der Waals surface area contributed by atoms with Crippen molar-refractivity contribution in [2.75, 3.05) is 13.7 Å². The van der Waals surface area contributed by atoms with Crippen molar-refractivity contribution in [3.63, 3.8) is 0 Å². The molecule has 2 heterocycles.